The third-order valence-electron chi connectivity index (χ3n) is 4.36. The second-order valence-corrected chi connectivity index (χ2v) is 5.81. The molecule has 2 saturated heterocycles. The summed E-state index contributed by atoms with van der Waals surface area (Å²) in [6.45, 7) is 3.47. The fraction of sp³-hybridized carbons (Fsp3) is 0.786. The van der Waals surface area contributed by atoms with Gasteiger partial charge in [-0.15, -0.1) is 0 Å². The van der Waals surface area contributed by atoms with Crippen LogP contribution in [0, 0.1) is 11.8 Å². The number of likely N-dealkylation sites (tertiary alicyclic amines) is 2. The van der Waals surface area contributed by atoms with E-state index in [0.717, 1.165) is 19.3 Å². The number of carboxylic acids is 1. The van der Waals surface area contributed by atoms with Gasteiger partial charge in [0.2, 0.25) is 11.8 Å². The minimum Gasteiger partial charge on any atom is -0.481 e. The van der Waals surface area contributed by atoms with Crippen LogP contribution in [0.3, 0.4) is 0 Å². The van der Waals surface area contributed by atoms with Crippen LogP contribution in [0.5, 0.6) is 0 Å². The van der Waals surface area contributed by atoms with Crippen molar-refractivity contribution in [3.05, 3.63) is 0 Å². The van der Waals surface area contributed by atoms with Gasteiger partial charge >= 0.3 is 5.97 Å². The fourth-order valence-corrected chi connectivity index (χ4v) is 2.70. The third-order valence-corrected chi connectivity index (χ3v) is 4.36. The molecule has 112 valence electrons. The van der Waals surface area contributed by atoms with Gasteiger partial charge in [0, 0.05) is 32.0 Å². The van der Waals surface area contributed by atoms with Crippen LogP contribution in [-0.2, 0) is 14.4 Å². The van der Waals surface area contributed by atoms with E-state index in [1.807, 2.05) is 0 Å². The van der Waals surface area contributed by atoms with Crippen LogP contribution in [-0.4, -0.2) is 58.9 Å². The Morgan fingerprint density at radius 3 is 2.65 bits per heavy atom. The molecule has 2 heterocycles. The first-order valence-electron chi connectivity index (χ1n) is 7.27. The van der Waals surface area contributed by atoms with Crippen LogP contribution in [0.1, 0.15) is 32.6 Å². The van der Waals surface area contributed by atoms with Gasteiger partial charge in [0.15, 0.2) is 0 Å². The lowest BCUT2D eigenvalue weighted by Crippen LogP contribution is -2.56. The summed E-state index contributed by atoms with van der Waals surface area (Å²) in [6.07, 6.45) is 3.44. The van der Waals surface area contributed by atoms with E-state index in [0.29, 0.717) is 26.1 Å². The first kappa shape index (κ1) is 14.8. The van der Waals surface area contributed by atoms with Crippen LogP contribution in [0.25, 0.3) is 0 Å². The second kappa shape index (κ2) is 6.24. The van der Waals surface area contributed by atoms with E-state index in [-0.39, 0.29) is 24.3 Å². The van der Waals surface area contributed by atoms with E-state index in [4.69, 9.17) is 5.11 Å². The van der Waals surface area contributed by atoms with Gasteiger partial charge in [0.05, 0.1) is 12.5 Å². The highest BCUT2D eigenvalue weighted by atomic mass is 16.4. The number of aliphatic carboxylic acids is 1. The molecule has 20 heavy (non-hydrogen) atoms. The number of nitrogens with zero attached hydrogens (tertiary/aromatic N) is 2. The van der Waals surface area contributed by atoms with Crippen LogP contribution >= 0.6 is 0 Å². The Morgan fingerprint density at radius 2 is 2.00 bits per heavy atom. The molecule has 2 rings (SSSR count). The van der Waals surface area contributed by atoms with E-state index in [2.05, 4.69) is 0 Å². The Labute approximate surface area is 118 Å². The predicted molar refractivity (Wildman–Crippen MR) is 71.9 cm³/mol. The molecule has 0 aromatic heterocycles. The van der Waals surface area contributed by atoms with E-state index in [1.165, 1.54) is 0 Å². The molecular weight excluding hydrogens is 260 g/mol. The molecule has 2 aliphatic heterocycles. The van der Waals surface area contributed by atoms with Crippen LogP contribution < -0.4 is 0 Å². The summed E-state index contributed by atoms with van der Waals surface area (Å²) in [5.41, 5.74) is 0. The van der Waals surface area contributed by atoms with Crippen LogP contribution in [0.2, 0.25) is 0 Å². The van der Waals surface area contributed by atoms with Gasteiger partial charge in [0.1, 0.15) is 0 Å². The van der Waals surface area contributed by atoms with Crippen molar-refractivity contribution in [2.75, 3.05) is 26.2 Å². The SMILES string of the molecule is CC(C(=O)O)C1CN(C(=O)CN2CCCCCC2=O)C1. The molecular formula is C14H22N2O4. The molecule has 0 aromatic rings. The lowest BCUT2D eigenvalue weighted by Gasteiger charge is -2.42. The summed E-state index contributed by atoms with van der Waals surface area (Å²) in [5.74, 6) is -1.19. The van der Waals surface area contributed by atoms with Crippen molar-refractivity contribution in [3.63, 3.8) is 0 Å². The lowest BCUT2D eigenvalue weighted by molar-refractivity contribution is -0.152. The number of carboxylic acid groups (broad SMARTS) is 1. The Morgan fingerprint density at radius 1 is 1.30 bits per heavy atom. The lowest BCUT2D eigenvalue weighted by atomic mass is 9.87. The maximum atomic E-state index is 12.1. The standard InChI is InChI=1S/C14H22N2O4/c1-10(14(19)20)11-7-16(8-11)13(18)9-15-6-4-2-3-5-12(15)17/h10-11H,2-9H2,1H3,(H,19,20). The van der Waals surface area contributed by atoms with Crippen molar-refractivity contribution in [2.24, 2.45) is 11.8 Å². The smallest absolute Gasteiger partial charge is 0.306 e. The molecule has 0 saturated carbocycles. The fourth-order valence-electron chi connectivity index (χ4n) is 2.70. The molecule has 2 amide bonds. The summed E-state index contributed by atoms with van der Waals surface area (Å²) in [5, 5.41) is 8.91. The van der Waals surface area contributed by atoms with E-state index < -0.39 is 11.9 Å². The monoisotopic (exact) mass is 282 g/mol. The summed E-state index contributed by atoms with van der Waals surface area (Å²) < 4.78 is 0. The van der Waals surface area contributed by atoms with Crippen molar-refractivity contribution >= 4 is 17.8 Å². The van der Waals surface area contributed by atoms with Gasteiger partial charge < -0.3 is 14.9 Å². The highest BCUT2D eigenvalue weighted by molar-refractivity contribution is 5.85. The van der Waals surface area contributed by atoms with Crippen LogP contribution in [0.4, 0.5) is 0 Å². The molecule has 0 aromatic carbocycles. The predicted octanol–water partition coefficient (Wildman–Crippen LogP) is 0.568. The Bertz CT molecular complexity index is 404. The summed E-state index contributed by atoms with van der Waals surface area (Å²) in [7, 11) is 0. The number of amides is 2. The molecule has 0 aliphatic carbocycles. The number of carbonyl (C=O) groups excluding carboxylic acids is 2. The number of hydrogen-bond acceptors (Lipinski definition) is 3. The van der Waals surface area contributed by atoms with Crippen molar-refractivity contribution in [1.82, 2.24) is 9.80 Å². The van der Waals surface area contributed by atoms with Crippen LogP contribution in [0.15, 0.2) is 0 Å². The van der Waals surface area contributed by atoms with Gasteiger partial charge in [-0.05, 0) is 12.8 Å². The maximum Gasteiger partial charge on any atom is 0.306 e. The highest BCUT2D eigenvalue weighted by Crippen LogP contribution is 2.24. The molecule has 6 heteroatoms. The van der Waals surface area contributed by atoms with E-state index in [1.54, 1.807) is 16.7 Å². The van der Waals surface area contributed by atoms with E-state index >= 15 is 0 Å². The van der Waals surface area contributed by atoms with Crippen molar-refractivity contribution < 1.29 is 19.5 Å². The molecule has 0 radical (unpaired) electrons. The van der Waals surface area contributed by atoms with Gasteiger partial charge in [-0.25, -0.2) is 0 Å². The Kier molecular flexibility index (Phi) is 4.62. The zero-order chi connectivity index (χ0) is 14.7. The zero-order valence-corrected chi connectivity index (χ0v) is 11.9. The molecule has 1 unspecified atom stereocenters. The molecule has 2 aliphatic rings. The molecule has 2 fully saturated rings. The Balaban J connectivity index is 1.79. The molecule has 0 spiro atoms. The van der Waals surface area contributed by atoms with Crippen molar-refractivity contribution in [3.8, 4) is 0 Å². The largest absolute Gasteiger partial charge is 0.481 e. The average molecular weight is 282 g/mol. The van der Waals surface area contributed by atoms with Gasteiger partial charge in [-0.2, -0.15) is 0 Å². The maximum absolute atomic E-state index is 12.1. The quantitative estimate of drug-likeness (QED) is 0.817. The number of rotatable bonds is 4. The summed E-state index contributed by atoms with van der Waals surface area (Å²) >= 11 is 0. The molecule has 1 atom stereocenters. The minimum absolute atomic E-state index is 0.0382. The minimum atomic E-state index is -0.815. The summed E-state index contributed by atoms with van der Waals surface area (Å²) in [4.78, 5) is 38.0. The topological polar surface area (TPSA) is 77.9 Å². The van der Waals surface area contributed by atoms with Gasteiger partial charge in [0.25, 0.3) is 0 Å². The highest BCUT2D eigenvalue weighted by Gasteiger charge is 2.37. The van der Waals surface area contributed by atoms with Gasteiger partial charge in [-0.1, -0.05) is 13.3 Å². The first-order chi connectivity index (χ1) is 9.49. The van der Waals surface area contributed by atoms with Crippen molar-refractivity contribution in [2.45, 2.75) is 32.6 Å². The Hall–Kier alpha value is -1.59. The second-order valence-electron chi connectivity index (χ2n) is 5.81. The normalized spacial score (nSPS) is 22.1. The first-order valence-corrected chi connectivity index (χ1v) is 7.27. The molecule has 6 nitrogen and oxygen atoms in total. The van der Waals surface area contributed by atoms with Gasteiger partial charge in [-0.3, -0.25) is 14.4 Å². The third kappa shape index (κ3) is 3.29. The molecule has 1 N–H and O–H groups in total. The van der Waals surface area contributed by atoms with Crippen molar-refractivity contribution in [1.29, 1.82) is 0 Å². The average Bonchev–Trinajstić information content (AvgIpc) is 2.53. The number of carbonyl (C=O) groups is 3. The van der Waals surface area contributed by atoms with E-state index in [9.17, 15) is 14.4 Å². The summed E-state index contributed by atoms with van der Waals surface area (Å²) in [6, 6.07) is 0. The number of hydrogen-bond donors (Lipinski definition) is 1. The molecule has 0 bridgehead atoms. The zero-order valence-electron chi connectivity index (χ0n) is 11.9.